The highest BCUT2D eigenvalue weighted by molar-refractivity contribution is 5.22. The van der Waals surface area contributed by atoms with E-state index in [1.165, 1.54) is 69.0 Å². The van der Waals surface area contributed by atoms with Gasteiger partial charge in [0.1, 0.15) is 0 Å². The topological polar surface area (TPSA) is 12.0 Å². The maximum atomic E-state index is 3.59. The molecule has 2 rings (SSSR count). The van der Waals surface area contributed by atoms with Gasteiger partial charge in [0.2, 0.25) is 0 Å². The SMILES string of the molecule is CC(C)Cc1ccc(CCCCCCNC2CC2)cc1. The molecule has 0 bridgehead atoms. The van der Waals surface area contributed by atoms with Gasteiger partial charge in [0, 0.05) is 6.04 Å². The van der Waals surface area contributed by atoms with Crippen LogP contribution in [0.1, 0.15) is 63.5 Å². The lowest BCUT2D eigenvalue weighted by molar-refractivity contribution is 0.585. The smallest absolute Gasteiger partial charge is 0.00682 e. The van der Waals surface area contributed by atoms with Gasteiger partial charge in [-0.2, -0.15) is 0 Å². The molecule has 1 aromatic carbocycles. The summed E-state index contributed by atoms with van der Waals surface area (Å²) in [5.74, 6) is 0.755. The summed E-state index contributed by atoms with van der Waals surface area (Å²) in [6.07, 6.45) is 10.7. The molecule has 1 saturated carbocycles. The highest BCUT2D eigenvalue weighted by atomic mass is 14.9. The number of nitrogens with one attached hydrogen (secondary N) is 1. The molecule has 0 aromatic heterocycles. The molecule has 0 amide bonds. The van der Waals surface area contributed by atoms with Crippen LogP contribution in [0.4, 0.5) is 0 Å². The first kappa shape index (κ1) is 15.6. The van der Waals surface area contributed by atoms with E-state index in [1.807, 2.05) is 0 Å². The fourth-order valence-corrected chi connectivity index (χ4v) is 2.71. The van der Waals surface area contributed by atoms with Gasteiger partial charge in [-0.25, -0.2) is 0 Å². The second-order valence-corrected chi connectivity index (χ2v) is 6.81. The Bertz CT molecular complexity index is 362. The third kappa shape index (κ3) is 6.56. The molecule has 1 heteroatoms. The van der Waals surface area contributed by atoms with Crippen molar-refractivity contribution in [3.63, 3.8) is 0 Å². The van der Waals surface area contributed by atoms with E-state index in [4.69, 9.17) is 0 Å². The maximum Gasteiger partial charge on any atom is 0.00682 e. The predicted octanol–water partition coefficient (Wildman–Crippen LogP) is 4.74. The Morgan fingerprint density at radius 3 is 2.25 bits per heavy atom. The molecule has 0 saturated heterocycles. The van der Waals surface area contributed by atoms with Crippen LogP contribution >= 0.6 is 0 Å². The van der Waals surface area contributed by atoms with Crippen LogP contribution in [0.2, 0.25) is 0 Å². The van der Waals surface area contributed by atoms with Crippen LogP contribution in [0.5, 0.6) is 0 Å². The standard InChI is InChI=1S/C19H31N/c1-16(2)15-18-10-8-17(9-11-18)7-5-3-4-6-14-20-19-12-13-19/h8-11,16,19-20H,3-7,12-15H2,1-2H3. The molecule has 0 atom stereocenters. The summed E-state index contributed by atoms with van der Waals surface area (Å²) in [6.45, 7) is 5.80. The summed E-state index contributed by atoms with van der Waals surface area (Å²) < 4.78 is 0. The number of hydrogen-bond acceptors (Lipinski definition) is 1. The van der Waals surface area contributed by atoms with Gasteiger partial charge in [-0.15, -0.1) is 0 Å². The summed E-state index contributed by atoms with van der Waals surface area (Å²) >= 11 is 0. The zero-order chi connectivity index (χ0) is 14.2. The molecule has 0 radical (unpaired) electrons. The minimum atomic E-state index is 0.755. The van der Waals surface area contributed by atoms with Crippen molar-refractivity contribution >= 4 is 0 Å². The van der Waals surface area contributed by atoms with Crippen molar-refractivity contribution in [2.75, 3.05) is 6.54 Å². The second kappa shape index (κ2) is 8.46. The number of aryl methyl sites for hydroxylation is 1. The van der Waals surface area contributed by atoms with Crippen molar-refractivity contribution in [2.45, 2.75) is 71.3 Å². The Morgan fingerprint density at radius 2 is 1.60 bits per heavy atom. The third-order valence-electron chi connectivity index (χ3n) is 4.07. The van der Waals surface area contributed by atoms with E-state index >= 15 is 0 Å². The molecule has 1 N–H and O–H groups in total. The van der Waals surface area contributed by atoms with Crippen LogP contribution in [-0.2, 0) is 12.8 Å². The zero-order valence-corrected chi connectivity index (χ0v) is 13.3. The monoisotopic (exact) mass is 273 g/mol. The van der Waals surface area contributed by atoms with Gasteiger partial charge in [0.15, 0.2) is 0 Å². The van der Waals surface area contributed by atoms with Gasteiger partial charge >= 0.3 is 0 Å². The molecule has 1 aliphatic rings. The van der Waals surface area contributed by atoms with Crippen LogP contribution in [-0.4, -0.2) is 12.6 Å². The van der Waals surface area contributed by atoms with Crippen LogP contribution in [0.25, 0.3) is 0 Å². The molecule has 0 spiro atoms. The van der Waals surface area contributed by atoms with Crippen LogP contribution in [0.3, 0.4) is 0 Å². The van der Waals surface area contributed by atoms with Gasteiger partial charge in [-0.3, -0.25) is 0 Å². The molecule has 1 nitrogen and oxygen atoms in total. The summed E-state index contributed by atoms with van der Waals surface area (Å²) in [6, 6.07) is 10.2. The normalized spacial score (nSPS) is 14.9. The molecule has 112 valence electrons. The Labute approximate surface area is 125 Å². The van der Waals surface area contributed by atoms with Gasteiger partial charge in [-0.05, 0) is 62.1 Å². The van der Waals surface area contributed by atoms with E-state index in [9.17, 15) is 0 Å². The minimum Gasteiger partial charge on any atom is -0.314 e. The van der Waals surface area contributed by atoms with Gasteiger partial charge < -0.3 is 5.32 Å². The Morgan fingerprint density at radius 1 is 0.950 bits per heavy atom. The first-order chi connectivity index (χ1) is 9.74. The average molecular weight is 273 g/mol. The quantitative estimate of drug-likeness (QED) is 0.607. The van der Waals surface area contributed by atoms with Gasteiger partial charge in [-0.1, -0.05) is 51.0 Å². The number of hydrogen-bond donors (Lipinski definition) is 1. The molecular weight excluding hydrogens is 242 g/mol. The Balaban J connectivity index is 1.52. The summed E-state index contributed by atoms with van der Waals surface area (Å²) in [4.78, 5) is 0. The molecule has 1 aromatic rings. The van der Waals surface area contributed by atoms with Crippen molar-refractivity contribution in [2.24, 2.45) is 5.92 Å². The lowest BCUT2D eigenvalue weighted by atomic mass is 10.00. The van der Waals surface area contributed by atoms with E-state index in [-0.39, 0.29) is 0 Å². The van der Waals surface area contributed by atoms with Crippen molar-refractivity contribution in [1.29, 1.82) is 0 Å². The molecule has 0 heterocycles. The minimum absolute atomic E-state index is 0.755. The second-order valence-electron chi connectivity index (χ2n) is 6.81. The zero-order valence-electron chi connectivity index (χ0n) is 13.3. The lowest BCUT2D eigenvalue weighted by Gasteiger charge is -2.07. The maximum absolute atomic E-state index is 3.59. The molecular formula is C19H31N. The molecule has 1 aliphatic carbocycles. The highest BCUT2D eigenvalue weighted by Gasteiger charge is 2.19. The van der Waals surface area contributed by atoms with Crippen LogP contribution < -0.4 is 5.32 Å². The third-order valence-corrected chi connectivity index (χ3v) is 4.07. The summed E-state index contributed by atoms with van der Waals surface area (Å²) in [7, 11) is 0. The van der Waals surface area contributed by atoms with E-state index in [1.54, 1.807) is 0 Å². The largest absolute Gasteiger partial charge is 0.314 e. The van der Waals surface area contributed by atoms with E-state index in [0.29, 0.717) is 0 Å². The predicted molar refractivity (Wildman–Crippen MR) is 88.2 cm³/mol. The van der Waals surface area contributed by atoms with Crippen molar-refractivity contribution in [1.82, 2.24) is 5.32 Å². The van der Waals surface area contributed by atoms with E-state index < -0.39 is 0 Å². The lowest BCUT2D eigenvalue weighted by Crippen LogP contribution is -2.17. The fourth-order valence-electron chi connectivity index (χ4n) is 2.71. The van der Waals surface area contributed by atoms with Crippen molar-refractivity contribution in [3.8, 4) is 0 Å². The summed E-state index contributed by atoms with van der Waals surface area (Å²) in [5.41, 5.74) is 2.99. The number of benzene rings is 1. The highest BCUT2D eigenvalue weighted by Crippen LogP contribution is 2.18. The Kier molecular flexibility index (Phi) is 6.59. The van der Waals surface area contributed by atoms with E-state index in [2.05, 4.69) is 43.4 Å². The average Bonchev–Trinajstić information content (AvgIpc) is 3.23. The van der Waals surface area contributed by atoms with Gasteiger partial charge in [0.05, 0.1) is 0 Å². The molecule has 1 fully saturated rings. The van der Waals surface area contributed by atoms with Crippen LogP contribution in [0.15, 0.2) is 24.3 Å². The molecule has 0 aliphatic heterocycles. The van der Waals surface area contributed by atoms with Gasteiger partial charge in [0.25, 0.3) is 0 Å². The first-order valence-corrected chi connectivity index (χ1v) is 8.55. The molecule has 0 unspecified atom stereocenters. The number of unbranched alkanes of at least 4 members (excludes halogenated alkanes) is 3. The number of rotatable bonds is 10. The first-order valence-electron chi connectivity index (χ1n) is 8.55. The van der Waals surface area contributed by atoms with Crippen LogP contribution in [0, 0.1) is 5.92 Å². The summed E-state index contributed by atoms with van der Waals surface area (Å²) in [5, 5.41) is 3.59. The van der Waals surface area contributed by atoms with Crippen molar-refractivity contribution < 1.29 is 0 Å². The van der Waals surface area contributed by atoms with Crippen molar-refractivity contribution in [3.05, 3.63) is 35.4 Å². The Hall–Kier alpha value is -0.820. The molecule has 20 heavy (non-hydrogen) atoms. The van der Waals surface area contributed by atoms with E-state index in [0.717, 1.165) is 12.0 Å². The fraction of sp³-hybridized carbons (Fsp3) is 0.684.